The lowest BCUT2D eigenvalue weighted by atomic mass is 10.3. The lowest BCUT2D eigenvalue weighted by Crippen LogP contribution is -2.37. The van der Waals surface area contributed by atoms with Crippen LogP contribution in [0.5, 0.6) is 0 Å². The molecule has 1 radical (unpaired) electrons. The molecule has 1 unspecified atom stereocenters. The maximum absolute atomic E-state index is 7.15. The third kappa shape index (κ3) is 4.04. The molecule has 0 aliphatic rings. The van der Waals surface area contributed by atoms with Gasteiger partial charge >= 0.3 is 0 Å². The van der Waals surface area contributed by atoms with Crippen molar-refractivity contribution >= 4 is 0 Å². The molecule has 73 valence electrons. The first-order chi connectivity index (χ1) is 5.79. The van der Waals surface area contributed by atoms with Crippen molar-refractivity contribution in [2.24, 2.45) is 0 Å². The first kappa shape index (κ1) is 11.9. The van der Waals surface area contributed by atoms with E-state index < -0.39 is 0 Å². The molecule has 1 atom stereocenters. The van der Waals surface area contributed by atoms with E-state index in [1.807, 2.05) is 6.92 Å². The third-order valence-corrected chi connectivity index (χ3v) is 1.97. The highest BCUT2D eigenvalue weighted by Gasteiger charge is 2.13. The van der Waals surface area contributed by atoms with Crippen molar-refractivity contribution in [1.29, 1.82) is 0 Å². The molecule has 0 heterocycles. The Kier molecular flexibility index (Phi) is 7.45. The Hall–Kier alpha value is -0.120. The van der Waals surface area contributed by atoms with Gasteiger partial charge in [-0.05, 0) is 20.0 Å². The molecule has 0 saturated heterocycles. The van der Waals surface area contributed by atoms with Crippen LogP contribution in [0.25, 0.3) is 0 Å². The molecule has 0 amide bonds. The molecule has 12 heavy (non-hydrogen) atoms. The second kappa shape index (κ2) is 7.53. The molecule has 0 aromatic heterocycles. The molecule has 0 rings (SSSR count). The Morgan fingerprint density at radius 1 is 1.25 bits per heavy atom. The molecule has 0 aromatic carbocycles. The minimum Gasteiger partial charge on any atom is -0.363 e. The first-order valence-electron chi connectivity index (χ1n) is 4.80. The number of hydrogen-bond acceptors (Lipinski definition) is 2. The average Bonchev–Trinajstić information content (AvgIpc) is 2.07. The minimum absolute atomic E-state index is 0.155. The van der Waals surface area contributed by atoms with Gasteiger partial charge in [0, 0.05) is 19.6 Å². The summed E-state index contributed by atoms with van der Waals surface area (Å²) in [7, 11) is 0. The summed E-state index contributed by atoms with van der Waals surface area (Å²) < 4.78 is 5.53. The first-order valence-corrected chi connectivity index (χ1v) is 4.80. The Morgan fingerprint density at radius 2 is 1.83 bits per heavy atom. The van der Waals surface area contributed by atoms with E-state index in [1.165, 1.54) is 0 Å². The summed E-state index contributed by atoms with van der Waals surface area (Å²) in [5, 5.41) is 0. The summed E-state index contributed by atoms with van der Waals surface area (Å²) in [6.45, 7) is 9.43. The van der Waals surface area contributed by atoms with Crippen molar-refractivity contribution in [3.05, 3.63) is 0 Å². The minimum atomic E-state index is 0.155. The molecule has 0 bridgehead atoms. The van der Waals surface area contributed by atoms with Crippen LogP contribution in [0.4, 0.5) is 0 Å². The van der Waals surface area contributed by atoms with E-state index in [9.17, 15) is 0 Å². The number of nitrogens with one attached hydrogen (secondary N) is 1. The highest BCUT2D eigenvalue weighted by atomic mass is 16.5. The zero-order valence-electron chi connectivity index (χ0n) is 8.47. The van der Waals surface area contributed by atoms with E-state index in [0.29, 0.717) is 6.54 Å². The van der Waals surface area contributed by atoms with Gasteiger partial charge in [-0.1, -0.05) is 13.8 Å². The van der Waals surface area contributed by atoms with Gasteiger partial charge in [-0.3, -0.25) is 10.6 Å². The molecule has 0 aliphatic carbocycles. The Labute approximate surface area is 75.9 Å². The third-order valence-electron chi connectivity index (χ3n) is 1.97. The fraction of sp³-hybridized carbons (Fsp3) is 1.00. The second-order valence-electron chi connectivity index (χ2n) is 2.67. The van der Waals surface area contributed by atoms with Crippen molar-refractivity contribution < 1.29 is 4.74 Å². The molecule has 3 nitrogen and oxygen atoms in total. The van der Waals surface area contributed by atoms with E-state index >= 15 is 0 Å². The van der Waals surface area contributed by atoms with Crippen molar-refractivity contribution in [2.75, 3.05) is 26.2 Å². The maximum atomic E-state index is 7.15. The van der Waals surface area contributed by atoms with E-state index in [-0.39, 0.29) is 6.23 Å². The SMILES string of the molecule is CCOC(CC[NH])N(CC)CC. The van der Waals surface area contributed by atoms with Gasteiger partial charge in [0.05, 0.1) is 0 Å². The molecule has 0 aromatic rings. The summed E-state index contributed by atoms with van der Waals surface area (Å²) in [5.74, 6) is 0. The van der Waals surface area contributed by atoms with E-state index in [1.54, 1.807) is 0 Å². The molecule has 0 aliphatic heterocycles. The van der Waals surface area contributed by atoms with Crippen LogP contribution in [0.1, 0.15) is 27.2 Å². The predicted molar refractivity (Wildman–Crippen MR) is 50.9 cm³/mol. The van der Waals surface area contributed by atoms with Gasteiger partial charge in [-0.25, -0.2) is 0 Å². The van der Waals surface area contributed by atoms with Crippen molar-refractivity contribution in [3.8, 4) is 0 Å². The van der Waals surface area contributed by atoms with Crippen LogP contribution < -0.4 is 5.73 Å². The quantitative estimate of drug-likeness (QED) is 0.545. The summed E-state index contributed by atoms with van der Waals surface area (Å²) >= 11 is 0. The van der Waals surface area contributed by atoms with E-state index in [2.05, 4.69) is 18.7 Å². The summed E-state index contributed by atoms with van der Waals surface area (Å²) in [5.41, 5.74) is 7.15. The average molecular weight is 173 g/mol. The molecule has 0 saturated carbocycles. The van der Waals surface area contributed by atoms with Gasteiger partial charge in [0.15, 0.2) is 0 Å². The van der Waals surface area contributed by atoms with Gasteiger partial charge in [-0.2, -0.15) is 0 Å². The molecular formula is C9H21N2O. The zero-order valence-corrected chi connectivity index (χ0v) is 8.47. The standard InChI is InChI=1S/C9H21N2O/c1-4-11(5-2)9(7-8-10)12-6-3/h9-10H,4-8H2,1-3H3. The van der Waals surface area contributed by atoms with Crippen molar-refractivity contribution in [2.45, 2.75) is 33.4 Å². The lowest BCUT2D eigenvalue weighted by Gasteiger charge is -2.28. The predicted octanol–water partition coefficient (Wildman–Crippen LogP) is 1.36. The van der Waals surface area contributed by atoms with Crippen LogP contribution >= 0.6 is 0 Å². The van der Waals surface area contributed by atoms with Gasteiger partial charge in [-0.15, -0.1) is 0 Å². The van der Waals surface area contributed by atoms with Crippen LogP contribution in [-0.4, -0.2) is 37.4 Å². The number of nitrogens with zero attached hydrogens (tertiary/aromatic N) is 1. The van der Waals surface area contributed by atoms with Gasteiger partial charge in [0.25, 0.3) is 0 Å². The van der Waals surface area contributed by atoms with Crippen LogP contribution in [0, 0.1) is 0 Å². The van der Waals surface area contributed by atoms with Gasteiger partial charge in [0.2, 0.25) is 0 Å². The number of rotatable bonds is 7. The Morgan fingerprint density at radius 3 is 2.17 bits per heavy atom. The van der Waals surface area contributed by atoms with E-state index in [4.69, 9.17) is 10.5 Å². The Bertz CT molecular complexity index is 88.5. The molecule has 0 fully saturated rings. The molecular weight excluding hydrogens is 152 g/mol. The van der Waals surface area contributed by atoms with Crippen LogP contribution in [-0.2, 0) is 4.74 Å². The number of ether oxygens (including phenoxy) is 1. The second-order valence-corrected chi connectivity index (χ2v) is 2.67. The molecule has 3 heteroatoms. The topological polar surface area (TPSA) is 36.3 Å². The summed E-state index contributed by atoms with van der Waals surface area (Å²) in [6, 6.07) is 0. The van der Waals surface area contributed by atoms with Crippen molar-refractivity contribution in [1.82, 2.24) is 10.6 Å². The summed E-state index contributed by atoms with van der Waals surface area (Å²) in [6.07, 6.45) is 0.970. The highest BCUT2D eigenvalue weighted by molar-refractivity contribution is 4.60. The lowest BCUT2D eigenvalue weighted by molar-refractivity contribution is -0.0533. The summed E-state index contributed by atoms with van der Waals surface area (Å²) in [4.78, 5) is 2.25. The smallest absolute Gasteiger partial charge is 0.111 e. The van der Waals surface area contributed by atoms with Gasteiger partial charge < -0.3 is 4.74 Å². The Balaban J connectivity index is 3.86. The van der Waals surface area contributed by atoms with E-state index in [0.717, 1.165) is 26.1 Å². The maximum Gasteiger partial charge on any atom is 0.111 e. The molecule has 1 N–H and O–H groups in total. The monoisotopic (exact) mass is 173 g/mol. The largest absolute Gasteiger partial charge is 0.363 e. The van der Waals surface area contributed by atoms with Gasteiger partial charge in [0.1, 0.15) is 6.23 Å². The normalized spacial score (nSPS) is 13.8. The van der Waals surface area contributed by atoms with Crippen LogP contribution in [0.2, 0.25) is 0 Å². The number of hydrogen-bond donors (Lipinski definition) is 0. The fourth-order valence-corrected chi connectivity index (χ4v) is 1.32. The highest BCUT2D eigenvalue weighted by Crippen LogP contribution is 2.04. The fourth-order valence-electron chi connectivity index (χ4n) is 1.32. The van der Waals surface area contributed by atoms with Crippen LogP contribution in [0.3, 0.4) is 0 Å². The zero-order chi connectivity index (χ0) is 9.40. The molecule has 0 spiro atoms. The van der Waals surface area contributed by atoms with Crippen molar-refractivity contribution in [3.63, 3.8) is 0 Å². The van der Waals surface area contributed by atoms with Crippen LogP contribution in [0.15, 0.2) is 0 Å².